The summed E-state index contributed by atoms with van der Waals surface area (Å²) in [6.07, 6.45) is 0. The minimum Gasteiger partial charge on any atom is 0 e. The summed E-state index contributed by atoms with van der Waals surface area (Å²) in [5.41, 5.74) is 0. The first-order valence-corrected chi connectivity index (χ1v) is 5.63. The van der Waals surface area contributed by atoms with Crippen molar-refractivity contribution in [2.75, 3.05) is 0 Å². The fraction of sp³-hybridized carbons (Fsp3) is 0. The molecule has 7 nitrogen and oxygen atoms in total. The first-order chi connectivity index (χ1) is 3.71. The Bertz CT molecular complexity index is 240. The molecule has 2 radical (unpaired) electrons. The van der Waals surface area contributed by atoms with Gasteiger partial charge in [-0.25, -0.2) is 0 Å². The van der Waals surface area contributed by atoms with Crippen molar-refractivity contribution in [3.63, 3.8) is 0 Å². The van der Waals surface area contributed by atoms with E-state index in [9.17, 15) is 15.2 Å². The van der Waals surface area contributed by atoms with E-state index in [1.54, 1.807) is 0 Å². The number of rotatable bonds is 2. The summed E-state index contributed by atoms with van der Waals surface area (Å²) in [7, 11) is 0. The molecule has 0 atom stereocenters. The monoisotopic (exact) mass is 388 g/mol. The van der Waals surface area contributed by atoms with Crippen LogP contribution in [0.15, 0.2) is 0 Å². The molecule has 11 heavy (non-hydrogen) atoms. The van der Waals surface area contributed by atoms with Gasteiger partial charge in [0, 0.05) is 116 Å². The van der Waals surface area contributed by atoms with Gasteiger partial charge < -0.3 is 0 Å². The van der Waals surface area contributed by atoms with Crippen LogP contribution in [-0.4, -0.2) is 125 Å². The Labute approximate surface area is 165 Å². The summed E-state index contributed by atoms with van der Waals surface area (Å²) >= 11 is -11.5. The average molecular weight is 389 g/mol. The Morgan fingerprint density at radius 2 is 1.00 bits per heavy atom. The van der Waals surface area contributed by atoms with Gasteiger partial charge in [0.15, 0.2) is 0 Å². The Morgan fingerprint density at radius 3 is 1.00 bits per heavy atom. The van der Waals surface area contributed by atoms with Crippen molar-refractivity contribution in [3.8, 4) is 0 Å². The molecule has 0 saturated carbocycles. The summed E-state index contributed by atoms with van der Waals surface area (Å²) in [5.74, 6) is 0. The summed E-state index contributed by atoms with van der Waals surface area (Å²) < 4.78 is 56.3. The summed E-state index contributed by atoms with van der Waals surface area (Å²) in [6.45, 7) is 0. The molecule has 0 saturated heterocycles. The van der Waals surface area contributed by atoms with E-state index in [2.05, 4.69) is 2.84 Å². The molecule has 0 fully saturated rings. The van der Waals surface area contributed by atoms with Gasteiger partial charge in [0.1, 0.15) is 0 Å². The maximum Gasteiger partial charge on any atom is 0 e. The standard InChI is InChI=1S/2Cr.2H2O.5O.2Rb/h;;2*1H2;;;;;;;/q2*+1;;;;;;;;;/p-2. The van der Waals surface area contributed by atoms with E-state index in [1.807, 2.05) is 0 Å². The van der Waals surface area contributed by atoms with Gasteiger partial charge in [-0.3, -0.25) is 0 Å². The van der Waals surface area contributed by atoms with E-state index in [4.69, 9.17) is 8.32 Å². The first kappa shape index (κ1) is 20.2. The normalized spacial score (nSPS) is 11.1. The van der Waals surface area contributed by atoms with Crippen molar-refractivity contribution in [1.82, 2.24) is 0 Å². The Hall–Kier alpha value is 3.76. The zero-order chi connectivity index (χ0) is 7.71. The molecular weight excluding hydrogens is 387 g/mol. The molecule has 0 amide bonds. The van der Waals surface area contributed by atoms with Gasteiger partial charge in [0.05, 0.1) is 0 Å². The summed E-state index contributed by atoms with van der Waals surface area (Å²) in [5, 5.41) is 0. The smallest absolute Gasteiger partial charge is 0 e. The topological polar surface area (TPSA) is 118 Å². The van der Waals surface area contributed by atoms with E-state index < -0.39 is 27.2 Å². The van der Waals surface area contributed by atoms with Crippen LogP contribution in [0.1, 0.15) is 0 Å². The molecule has 0 aromatic heterocycles. The van der Waals surface area contributed by atoms with Gasteiger partial charge in [-0.1, -0.05) is 0 Å². The molecule has 0 heterocycles. The first-order valence-electron chi connectivity index (χ1n) is 1.37. The van der Waals surface area contributed by atoms with Crippen molar-refractivity contribution >= 4 is 116 Å². The van der Waals surface area contributed by atoms with E-state index >= 15 is 0 Å². The second-order valence-corrected chi connectivity index (χ2v) is 4.68. The average Bonchev–Trinajstić information content (AvgIpc) is 1.14. The van der Waals surface area contributed by atoms with Gasteiger partial charge in [-0.05, 0) is 0 Å². The molecule has 0 bridgehead atoms. The van der Waals surface area contributed by atoms with Gasteiger partial charge in [0.25, 0.3) is 0 Å². The van der Waals surface area contributed by atoms with Crippen LogP contribution < -0.4 is 0 Å². The Kier molecular flexibility index (Phi) is 14.6. The van der Waals surface area contributed by atoms with Crippen LogP contribution in [0, 0.1) is 0 Å². The molecule has 58 valence electrons. The molecule has 2 N–H and O–H groups in total. The van der Waals surface area contributed by atoms with Gasteiger partial charge in [0.2, 0.25) is 0 Å². The van der Waals surface area contributed by atoms with Crippen molar-refractivity contribution in [2.45, 2.75) is 0 Å². The van der Waals surface area contributed by atoms with E-state index in [0.717, 1.165) is 0 Å². The van der Waals surface area contributed by atoms with Crippen molar-refractivity contribution in [3.05, 3.63) is 0 Å². The predicted octanol–water partition coefficient (Wildman–Crippen LogP) is -2.42. The molecule has 0 aromatic carbocycles. The molecule has 0 rings (SSSR count). The molecular formula is H2Cr2O7Rb2. The third-order valence-electron chi connectivity index (χ3n) is 0.172. The predicted molar refractivity (Wildman–Crippen MR) is 19.8 cm³/mol. The molecule has 0 aromatic rings. The Morgan fingerprint density at radius 1 is 0.818 bits per heavy atom. The minimum atomic E-state index is -5.76. The number of hydrogen-bond donors (Lipinski definition) is 2. The van der Waals surface area contributed by atoms with Crippen molar-refractivity contribution in [1.29, 1.82) is 0 Å². The van der Waals surface area contributed by atoms with E-state index in [1.165, 1.54) is 0 Å². The molecule has 11 heteroatoms. The number of hydrogen-bond acceptors (Lipinski definition) is 5. The van der Waals surface area contributed by atoms with Crippen LogP contribution in [0.4, 0.5) is 0 Å². The minimum absolute atomic E-state index is 0. The third kappa shape index (κ3) is 20.0. The maximum absolute atomic E-state index is 9.53. The van der Waals surface area contributed by atoms with Crippen LogP contribution in [0.3, 0.4) is 0 Å². The molecule has 0 unspecified atom stereocenters. The van der Waals surface area contributed by atoms with Crippen LogP contribution in [0.2, 0.25) is 0 Å². The maximum atomic E-state index is 9.53. The quantitative estimate of drug-likeness (QED) is 0.540. The fourth-order valence-corrected chi connectivity index (χ4v) is 1.85. The van der Waals surface area contributed by atoms with Crippen LogP contribution in [-0.2, 0) is 45.3 Å². The molecule has 0 aliphatic carbocycles. The van der Waals surface area contributed by atoms with Crippen LogP contribution in [0.25, 0.3) is 0 Å². The molecule has 0 aliphatic heterocycles. The molecule has 0 aliphatic rings. The second-order valence-electron chi connectivity index (χ2n) is 0.924. The fourth-order valence-electron chi connectivity index (χ4n) is 0.109. The summed E-state index contributed by atoms with van der Waals surface area (Å²) in [4.78, 5) is 0. The van der Waals surface area contributed by atoms with Gasteiger partial charge in [-0.2, -0.15) is 0 Å². The third-order valence-corrected chi connectivity index (χ3v) is 2.92. The Balaban J connectivity index is -0.000000320. The van der Waals surface area contributed by atoms with Crippen LogP contribution >= 0.6 is 0 Å². The SMILES string of the molecule is [O]=[Cr](=[O])([OH])[O][Cr](=[O])(=[O])[OH].[Rb].[Rb]. The zero-order valence-corrected chi connectivity index (χ0v) is 18.1. The van der Waals surface area contributed by atoms with E-state index in [-0.39, 0.29) is 116 Å². The van der Waals surface area contributed by atoms with Gasteiger partial charge >= 0.3 is 53.6 Å². The molecule has 0 spiro atoms. The van der Waals surface area contributed by atoms with Crippen LogP contribution in [0.5, 0.6) is 0 Å². The second kappa shape index (κ2) is 7.97. The largest absolute Gasteiger partial charge is 0 e. The van der Waals surface area contributed by atoms with E-state index in [0.29, 0.717) is 0 Å². The summed E-state index contributed by atoms with van der Waals surface area (Å²) in [6, 6.07) is 0. The zero-order valence-electron chi connectivity index (χ0n) is 5.75. The van der Waals surface area contributed by atoms with Crippen molar-refractivity contribution in [2.24, 2.45) is 0 Å². The van der Waals surface area contributed by atoms with Crippen molar-refractivity contribution < 1.29 is 53.6 Å². The van der Waals surface area contributed by atoms with Gasteiger partial charge in [-0.15, -0.1) is 0 Å².